The molecule has 0 atom stereocenters. The molecule has 0 unspecified atom stereocenters. The summed E-state index contributed by atoms with van der Waals surface area (Å²) in [6.07, 6.45) is 0. The minimum Gasteiger partial charge on any atom is -0.345 e. The van der Waals surface area contributed by atoms with Gasteiger partial charge in [-0.1, -0.05) is 31.9 Å². The molecular weight excluding hydrogens is 379 g/mol. The van der Waals surface area contributed by atoms with Crippen LogP contribution in [-0.4, -0.2) is 22.1 Å². The zero-order valence-corrected chi connectivity index (χ0v) is 12.5. The fraction of sp³-hybridized carbons (Fsp3) is 0.364. The predicted molar refractivity (Wildman–Crippen MR) is 69.8 cm³/mol. The maximum atomic E-state index is 13.0. The van der Waals surface area contributed by atoms with Crippen molar-refractivity contribution in [3.63, 3.8) is 0 Å². The summed E-state index contributed by atoms with van der Waals surface area (Å²) in [6, 6.07) is 1.33. The number of carbonyl (C=O) groups excluding carboxylic acids is 1. The number of alkyl halides is 2. The first-order valence-electron chi connectivity index (χ1n) is 4.92. The number of rotatable bonds is 4. The number of hydrogen-bond donors (Lipinski definition) is 1. The number of halogens is 5. The van der Waals surface area contributed by atoms with Crippen molar-refractivity contribution in [2.45, 2.75) is 12.5 Å². The highest BCUT2D eigenvalue weighted by Crippen LogP contribution is 2.16. The smallest absolute Gasteiger partial charge is 0.251 e. The monoisotopic (exact) mass is 387 g/mol. The van der Waals surface area contributed by atoms with Crippen LogP contribution in [0.1, 0.15) is 17.3 Å². The molecule has 1 aromatic rings. The lowest BCUT2D eigenvalue weighted by molar-refractivity contribution is 0.0921. The van der Waals surface area contributed by atoms with E-state index >= 15 is 0 Å². The van der Waals surface area contributed by atoms with E-state index in [4.69, 9.17) is 0 Å². The molecule has 0 aromatic heterocycles. The van der Waals surface area contributed by atoms with E-state index in [1.807, 2.05) is 0 Å². The summed E-state index contributed by atoms with van der Waals surface area (Å²) in [6.45, 7) is 1.74. The van der Waals surface area contributed by atoms with Crippen molar-refractivity contribution in [2.24, 2.45) is 0 Å². The van der Waals surface area contributed by atoms with Gasteiger partial charge in [-0.05, 0) is 19.1 Å². The minimum absolute atomic E-state index is 0.264. The van der Waals surface area contributed by atoms with Gasteiger partial charge in [0.15, 0.2) is 17.5 Å². The second-order valence-electron chi connectivity index (χ2n) is 4.04. The molecule has 2 nitrogen and oxygen atoms in total. The van der Waals surface area contributed by atoms with E-state index in [9.17, 15) is 18.0 Å². The molecule has 0 fully saturated rings. The lowest BCUT2D eigenvalue weighted by Gasteiger charge is -2.26. The van der Waals surface area contributed by atoms with Crippen LogP contribution in [0.5, 0.6) is 0 Å². The lowest BCUT2D eigenvalue weighted by atomic mass is 10.1. The van der Waals surface area contributed by atoms with E-state index in [0.29, 0.717) is 22.8 Å². The lowest BCUT2D eigenvalue weighted by Crippen LogP contribution is -2.49. The third-order valence-electron chi connectivity index (χ3n) is 2.25. The summed E-state index contributed by atoms with van der Waals surface area (Å²) < 4.78 is 38.7. The van der Waals surface area contributed by atoms with Crippen molar-refractivity contribution in [2.75, 3.05) is 10.7 Å². The molecule has 1 amide bonds. The van der Waals surface area contributed by atoms with E-state index in [1.54, 1.807) is 6.92 Å². The van der Waals surface area contributed by atoms with Gasteiger partial charge in [0, 0.05) is 16.2 Å². The highest BCUT2D eigenvalue weighted by Gasteiger charge is 2.25. The Hall–Kier alpha value is -0.560. The van der Waals surface area contributed by atoms with Crippen LogP contribution in [-0.2, 0) is 0 Å². The Morgan fingerprint density at radius 1 is 1.22 bits per heavy atom. The van der Waals surface area contributed by atoms with Gasteiger partial charge in [0.25, 0.3) is 5.91 Å². The summed E-state index contributed by atoms with van der Waals surface area (Å²) in [5.74, 6) is -5.04. The zero-order chi connectivity index (χ0) is 13.9. The van der Waals surface area contributed by atoms with Crippen molar-refractivity contribution in [3.8, 4) is 0 Å². The molecule has 100 valence electrons. The van der Waals surface area contributed by atoms with E-state index < -0.39 is 28.9 Å². The van der Waals surface area contributed by atoms with Gasteiger partial charge in [0.2, 0.25) is 0 Å². The molecule has 1 aromatic carbocycles. The SMILES string of the molecule is CC(CBr)(CBr)NC(=O)c1cc(F)c(F)c(F)c1. The summed E-state index contributed by atoms with van der Waals surface area (Å²) in [4.78, 5) is 11.8. The van der Waals surface area contributed by atoms with E-state index in [0.717, 1.165) is 0 Å². The van der Waals surface area contributed by atoms with Crippen LogP contribution >= 0.6 is 31.9 Å². The Labute approximate surface area is 119 Å². The topological polar surface area (TPSA) is 29.1 Å². The molecule has 18 heavy (non-hydrogen) atoms. The van der Waals surface area contributed by atoms with Gasteiger partial charge in [-0.3, -0.25) is 4.79 Å². The third kappa shape index (κ3) is 3.47. The molecule has 7 heteroatoms. The highest BCUT2D eigenvalue weighted by molar-refractivity contribution is 9.09. The van der Waals surface area contributed by atoms with Gasteiger partial charge >= 0.3 is 0 Å². The van der Waals surface area contributed by atoms with Gasteiger partial charge in [-0.2, -0.15) is 0 Å². The first-order chi connectivity index (χ1) is 8.33. The zero-order valence-electron chi connectivity index (χ0n) is 9.37. The van der Waals surface area contributed by atoms with Crippen LogP contribution in [0.15, 0.2) is 12.1 Å². The van der Waals surface area contributed by atoms with Gasteiger partial charge < -0.3 is 5.32 Å². The number of hydrogen-bond acceptors (Lipinski definition) is 1. The predicted octanol–water partition coefficient (Wildman–Crippen LogP) is 3.38. The molecule has 0 aliphatic heterocycles. The number of benzene rings is 1. The first-order valence-corrected chi connectivity index (χ1v) is 7.16. The molecule has 0 saturated heterocycles. The Balaban J connectivity index is 2.98. The van der Waals surface area contributed by atoms with Crippen LogP contribution in [0.2, 0.25) is 0 Å². The van der Waals surface area contributed by atoms with Gasteiger partial charge in [-0.15, -0.1) is 0 Å². The van der Waals surface area contributed by atoms with E-state index in [2.05, 4.69) is 37.2 Å². The quantitative estimate of drug-likeness (QED) is 0.621. The molecule has 0 aliphatic rings. The summed E-state index contributed by atoms with van der Waals surface area (Å²) in [5, 5.41) is 3.49. The van der Waals surface area contributed by atoms with Gasteiger partial charge in [0.1, 0.15) is 0 Å². The Bertz CT molecular complexity index is 441. The van der Waals surface area contributed by atoms with Crippen LogP contribution < -0.4 is 5.32 Å². The maximum Gasteiger partial charge on any atom is 0.251 e. The van der Waals surface area contributed by atoms with E-state index in [-0.39, 0.29) is 5.56 Å². The molecule has 0 aliphatic carbocycles. The fourth-order valence-corrected chi connectivity index (χ4v) is 2.34. The van der Waals surface area contributed by atoms with Gasteiger partial charge in [0.05, 0.1) is 5.54 Å². The number of amides is 1. The Morgan fingerprint density at radius 3 is 2.06 bits per heavy atom. The van der Waals surface area contributed by atoms with Crippen LogP contribution in [0.3, 0.4) is 0 Å². The Kier molecular flexibility index (Phi) is 5.21. The summed E-state index contributed by atoms with van der Waals surface area (Å²) >= 11 is 6.44. The molecule has 1 rings (SSSR count). The van der Waals surface area contributed by atoms with E-state index in [1.165, 1.54) is 0 Å². The summed E-state index contributed by atoms with van der Waals surface area (Å²) in [7, 11) is 0. The molecule has 0 bridgehead atoms. The molecule has 1 N–H and O–H groups in total. The van der Waals surface area contributed by atoms with Crippen molar-refractivity contribution >= 4 is 37.8 Å². The van der Waals surface area contributed by atoms with Crippen molar-refractivity contribution < 1.29 is 18.0 Å². The van der Waals surface area contributed by atoms with Crippen molar-refractivity contribution in [3.05, 3.63) is 35.1 Å². The van der Waals surface area contributed by atoms with Crippen LogP contribution in [0.25, 0.3) is 0 Å². The second kappa shape index (κ2) is 6.06. The molecular formula is C11H10Br2F3NO. The standard InChI is InChI=1S/C11H10Br2F3NO/c1-11(4-12,5-13)17-10(18)6-2-7(14)9(16)8(15)3-6/h2-3H,4-5H2,1H3,(H,17,18). The normalized spacial score (nSPS) is 11.4. The maximum absolute atomic E-state index is 13.0. The first kappa shape index (κ1) is 15.5. The van der Waals surface area contributed by atoms with Crippen molar-refractivity contribution in [1.29, 1.82) is 0 Å². The summed E-state index contributed by atoms with van der Waals surface area (Å²) in [5.41, 5.74) is -0.877. The average Bonchev–Trinajstić information content (AvgIpc) is 2.35. The average molecular weight is 389 g/mol. The molecule has 0 spiro atoms. The number of carbonyl (C=O) groups is 1. The largest absolute Gasteiger partial charge is 0.345 e. The molecule has 0 radical (unpaired) electrons. The third-order valence-corrected chi connectivity index (χ3v) is 4.73. The number of nitrogens with one attached hydrogen (secondary N) is 1. The van der Waals surface area contributed by atoms with Crippen LogP contribution in [0, 0.1) is 17.5 Å². The minimum atomic E-state index is -1.59. The van der Waals surface area contributed by atoms with Gasteiger partial charge in [-0.25, -0.2) is 13.2 Å². The van der Waals surface area contributed by atoms with Crippen molar-refractivity contribution in [1.82, 2.24) is 5.32 Å². The fourth-order valence-electron chi connectivity index (χ4n) is 1.14. The molecule has 0 saturated carbocycles. The second-order valence-corrected chi connectivity index (χ2v) is 5.16. The molecule has 0 heterocycles. The highest BCUT2D eigenvalue weighted by atomic mass is 79.9. The Morgan fingerprint density at radius 2 is 1.67 bits per heavy atom. The van der Waals surface area contributed by atoms with Crippen LogP contribution in [0.4, 0.5) is 13.2 Å².